The summed E-state index contributed by atoms with van der Waals surface area (Å²) in [5.74, 6) is 1.20. The van der Waals surface area contributed by atoms with Crippen LogP contribution in [0.3, 0.4) is 0 Å². The molecule has 0 saturated carbocycles. The molecule has 1 N–H and O–H groups in total. The molecule has 2 rings (SSSR count). The van der Waals surface area contributed by atoms with E-state index < -0.39 is 0 Å². The average molecular weight is 233 g/mol. The highest BCUT2D eigenvalue weighted by Crippen LogP contribution is 2.21. The molecule has 4 nitrogen and oxygen atoms in total. The molecule has 0 aliphatic carbocycles. The second-order valence-electron chi connectivity index (χ2n) is 3.89. The highest BCUT2D eigenvalue weighted by atomic mass is 16.5. The van der Waals surface area contributed by atoms with Crippen LogP contribution in [-0.4, -0.2) is 10.1 Å². The van der Waals surface area contributed by atoms with Gasteiger partial charge < -0.3 is 14.3 Å². The zero-order valence-corrected chi connectivity index (χ0v) is 9.93. The van der Waals surface area contributed by atoms with Crippen molar-refractivity contribution in [3.63, 3.8) is 0 Å². The molecule has 0 spiro atoms. The first-order valence-corrected chi connectivity index (χ1v) is 5.44. The van der Waals surface area contributed by atoms with Crippen molar-refractivity contribution in [2.45, 2.75) is 27.1 Å². The van der Waals surface area contributed by atoms with Crippen LogP contribution in [0, 0.1) is 13.8 Å². The molecule has 0 aliphatic rings. The molecular weight excluding hydrogens is 218 g/mol. The number of rotatable bonds is 4. The molecule has 0 bridgehead atoms. The van der Waals surface area contributed by atoms with Gasteiger partial charge in [0.25, 0.3) is 0 Å². The molecule has 0 radical (unpaired) electrons. The van der Waals surface area contributed by atoms with Gasteiger partial charge in [-0.1, -0.05) is 0 Å². The topological polar surface area (TPSA) is 55.5 Å². The van der Waals surface area contributed by atoms with Crippen LogP contribution in [-0.2, 0) is 13.2 Å². The SMILES string of the molecule is Cc1cc(C)c(CO)c(OCc2ccco2)n1. The molecule has 0 amide bonds. The molecule has 2 heterocycles. The van der Waals surface area contributed by atoms with Gasteiger partial charge >= 0.3 is 0 Å². The second-order valence-corrected chi connectivity index (χ2v) is 3.89. The Hall–Kier alpha value is -1.81. The summed E-state index contributed by atoms with van der Waals surface area (Å²) in [6, 6.07) is 5.56. The van der Waals surface area contributed by atoms with E-state index in [2.05, 4.69) is 4.98 Å². The zero-order valence-electron chi connectivity index (χ0n) is 9.93. The number of aliphatic hydroxyl groups is 1. The summed E-state index contributed by atoms with van der Waals surface area (Å²) in [7, 11) is 0. The van der Waals surface area contributed by atoms with E-state index in [9.17, 15) is 5.11 Å². The van der Waals surface area contributed by atoms with Gasteiger partial charge in [-0.3, -0.25) is 0 Å². The van der Waals surface area contributed by atoms with Gasteiger partial charge in [0.15, 0.2) is 0 Å². The lowest BCUT2D eigenvalue weighted by molar-refractivity contribution is 0.236. The predicted molar refractivity (Wildman–Crippen MR) is 62.7 cm³/mol. The lowest BCUT2D eigenvalue weighted by atomic mass is 10.1. The summed E-state index contributed by atoms with van der Waals surface area (Å²) in [6.45, 7) is 4.07. The van der Waals surface area contributed by atoms with Gasteiger partial charge in [0.05, 0.1) is 12.9 Å². The maximum Gasteiger partial charge on any atom is 0.219 e. The predicted octanol–water partition coefficient (Wildman–Crippen LogP) is 2.36. The quantitative estimate of drug-likeness (QED) is 0.880. The molecular formula is C13H15NO3. The zero-order chi connectivity index (χ0) is 12.3. The summed E-state index contributed by atoms with van der Waals surface area (Å²) in [5, 5.41) is 9.30. The molecule has 0 aliphatic heterocycles. The van der Waals surface area contributed by atoms with Crippen LogP contribution >= 0.6 is 0 Å². The van der Waals surface area contributed by atoms with Crippen molar-refractivity contribution >= 4 is 0 Å². The molecule has 17 heavy (non-hydrogen) atoms. The fourth-order valence-corrected chi connectivity index (χ4v) is 1.67. The van der Waals surface area contributed by atoms with Crippen LogP contribution in [0.4, 0.5) is 0 Å². The number of aromatic nitrogens is 1. The average Bonchev–Trinajstić information content (AvgIpc) is 2.78. The van der Waals surface area contributed by atoms with Crippen LogP contribution in [0.2, 0.25) is 0 Å². The summed E-state index contributed by atoms with van der Waals surface area (Å²) in [6.07, 6.45) is 1.60. The van der Waals surface area contributed by atoms with E-state index in [4.69, 9.17) is 9.15 Å². The molecule has 2 aromatic rings. The first-order chi connectivity index (χ1) is 8.20. The van der Waals surface area contributed by atoms with Crippen LogP contribution in [0.15, 0.2) is 28.9 Å². The van der Waals surface area contributed by atoms with E-state index in [-0.39, 0.29) is 6.61 Å². The molecule has 0 unspecified atom stereocenters. The Bertz CT molecular complexity index is 492. The number of hydrogen-bond acceptors (Lipinski definition) is 4. The molecule has 0 aromatic carbocycles. The lowest BCUT2D eigenvalue weighted by Crippen LogP contribution is -2.03. The Labute approximate surface area is 99.9 Å². The number of nitrogens with zero attached hydrogens (tertiary/aromatic N) is 1. The van der Waals surface area contributed by atoms with Crippen molar-refractivity contribution in [1.29, 1.82) is 0 Å². The first kappa shape index (κ1) is 11.7. The minimum absolute atomic E-state index is 0.0768. The molecule has 0 atom stereocenters. The number of pyridine rings is 1. The van der Waals surface area contributed by atoms with Crippen molar-refractivity contribution in [2.24, 2.45) is 0 Å². The number of hydrogen-bond donors (Lipinski definition) is 1. The monoisotopic (exact) mass is 233 g/mol. The molecule has 4 heteroatoms. The van der Waals surface area contributed by atoms with Crippen LogP contribution in [0.25, 0.3) is 0 Å². The highest BCUT2D eigenvalue weighted by molar-refractivity contribution is 5.35. The van der Waals surface area contributed by atoms with Gasteiger partial charge in [0.1, 0.15) is 12.4 Å². The van der Waals surface area contributed by atoms with Gasteiger partial charge in [-0.05, 0) is 37.6 Å². The second kappa shape index (κ2) is 5.01. The van der Waals surface area contributed by atoms with E-state index in [0.717, 1.165) is 22.6 Å². The summed E-state index contributed by atoms with van der Waals surface area (Å²) in [5.41, 5.74) is 2.57. The first-order valence-electron chi connectivity index (χ1n) is 5.44. The smallest absolute Gasteiger partial charge is 0.219 e. The van der Waals surface area contributed by atoms with Crippen LogP contribution < -0.4 is 4.74 Å². The Kier molecular flexibility index (Phi) is 3.44. The maximum atomic E-state index is 9.30. The van der Waals surface area contributed by atoms with Crippen molar-refractivity contribution in [1.82, 2.24) is 4.98 Å². The van der Waals surface area contributed by atoms with Crippen molar-refractivity contribution < 1.29 is 14.3 Å². The van der Waals surface area contributed by atoms with E-state index in [1.165, 1.54) is 0 Å². The van der Waals surface area contributed by atoms with E-state index in [0.29, 0.717) is 12.5 Å². The largest absolute Gasteiger partial charge is 0.469 e. The summed E-state index contributed by atoms with van der Waals surface area (Å²) < 4.78 is 10.7. The van der Waals surface area contributed by atoms with Crippen molar-refractivity contribution in [3.8, 4) is 5.88 Å². The van der Waals surface area contributed by atoms with E-state index in [1.807, 2.05) is 26.0 Å². The highest BCUT2D eigenvalue weighted by Gasteiger charge is 2.10. The third-order valence-electron chi connectivity index (χ3n) is 2.53. The standard InChI is InChI=1S/C13H15NO3/c1-9-6-10(2)14-13(12(9)7-15)17-8-11-4-3-5-16-11/h3-6,15H,7-8H2,1-2H3. The molecule has 0 saturated heterocycles. The molecule has 2 aromatic heterocycles. The van der Waals surface area contributed by atoms with Gasteiger partial charge in [-0.15, -0.1) is 0 Å². The normalized spacial score (nSPS) is 10.5. The third kappa shape index (κ3) is 2.65. The number of ether oxygens (including phenoxy) is 1. The summed E-state index contributed by atoms with van der Waals surface area (Å²) >= 11 is 0. The van der Waals surface area contributed by atoms with Crippen LogP contribution in [0.1, 0.15) is 22.6 Å². The van der Waals surface area contributed by atoms with Gasteiger partial charge in [0, 0.05) is 11.3 Å². The van der Waals surface area contributed by atoms with Crippen molar-refractivity contribution in [2.75, 3.05) is 0 Å². The minimum Gasteiger partial charge on any atom is -0.469 e. The molecule has 0 fully saturated rings. The van der Waals surface area contributed by atoms with Crippen molar-refractivity contribution in [3.05, 3.63) is 47.0 Å². The number of furan rings is 1. The Morgan fingerprint density at radius 1 is 1.41 bits per heavy atom. The number of aryl methyl sites for hydroxylation is 2. The van der Waals surface area contributed by atoms with Gasteiger partial charge in [-0.25, -0.2) is 4.98 Å². The van der Waals surface area contributed by atoms with Crippen LogP contribution in [0.5, 0.6) is 5.88 Å². The Balaban J connectivity index is 2.19. The van der Waals surface area contributed by atoms with E-state index >= 15 is 0 Å². The molecule has 90 valence electrons. The van der Waals surface area contributed by atoms with Gasteiger partial charge in [-0.2, -0.15) is 0 Å². The Morgan fingerprint density at radius 2 is 2.24 bits per heavy atom. The van der Waals surface area contributed by atoms with Gasteiger partial charge in [0.2, 0.25) is 5.88 Å². The summed E-state index contributed by atoms with van der Waals surface area (Å²) in [4.78, 5) is 4.28. The number of aliphatic hydroxyl groups excluding tert-OH is 1. The minimum atomic E-state index is -0.0768. The fraction of sp³-hybridized carbons (Fsp3) is 0.308. The van der Waals surface area contributed by atoms with E-state index in [1.54, 1.807) is 12.3 Å². The maximum absolute atomic E-state index is 9.30. The fourth-order valence-electron chi connectivity index (χ4n) is 1.67. The lowest BCUT2D eigenvalue weighted by Gasteiger charge is -2.11. The third-order valence-corrected chi connectivity index (χ3v) is 2.53. The Morgan fingerprint density at radius 3 is 2.88 bits per heavy atom.